The lowest BCUT2D eigenvalue weighted by molar-refractivity contribution is 0.0697. The van der Waals surface area contributed by atoms with Crippen molar-refractivity contribution >= 4 is 12.0 Å². The van der Waals surface area contributed by atoms with Crippen molar-refractivity contribution in [1.82, 2.24) is 0 Å². The molecule has 2 nitrogen and oxygen atoms in total. The Hall–Kier alpha value is -2.09. The normalized spacial score (nSPS) is 12.2. The maximum Gasteiger partial charge on any atom is 0.335 e. The zero-order valence-electron chi connectivity index (χ0n) is 14.7. The van der Waals surface area contributed by atoms with Crippen molar-refractivity contribution in [3.8, 4) is 0 Å². The van der Waals surface area contributed by atoms with E-state index in [1.165, 1.54) is 16.7 Å². The first kappa shape index (κ1) is 19.0. The summed E-state index contributed by atoms with van der Waals surface area (Å²) in [7, 11) is 0. The zero-order chi connectivity index (χ0) is 17.2. The van der Waals surface area contributed by atoms with Gasteiger partial charge in [0.2, 0.25) is 0 Å². The summed E-state index contributed by atoms with van der Waals surface area (Å²) in [6, 6.07) is 7.00. The van der Waals surface area contributed by atoms with E-state index < -0.39 is 5.97 Å². The van der Waals surface area contributed by atoms with Gasteiger partial charge in [-0.05, 0) is 71.1 Å². The predicted molar refractivity (Wildman–Crippen MR) is 98.7 cm³/mol. The Labute approximate surface area is 140 Å². The molecule has 2 heteroatoms. The molecule has 0 atom stereocenters. The SMILES string of the molecule is CC(C)=CCCC(C)=CCCC(C)=Cc1ccc(C(=O)O)cc1. The molecule has 0 aliphatic carbocycles. The van der Waals surface area contributed by atoms with E-state index in [0.29, 0.717) is 5.56 Å². The number of carboxylic acids is 1. The van der Waals surface area contributed by atoms with E-state index >= 15 is 0 Å². The van der Waals surface area contributed by atoms with Crippen LogP contribution in [0, 0.1) is 0 Å². The van der Waals surface area contributed by atoms with E-state index in [1.54, 1.807) is 12.1 Å². The summed E-state index contributed by atoms with van der Waals surface area (Å²) >= 11 is 0. The lowest BCUT2D eigenvalue weighted by atomic mass is 10.0. The smallest absolute Gasteiger partial charge is 0.335 e. The van der Waals surface area contributed by atoms with Crippen LogP contribution in [-0.2, 0) is 0 Å². The third-order valence-corrected chi connectivity index (χ3v) is 3.69. The van der Waals surface area contributed by atoms with Gasteiger partial charge in [-0.3, -0.25) is 0 Å². The van der Waals surface area contributed by atoms with Gasteiger partial charge in [-0.25, -0.2) is 4.79 Å². The van der Waals surface area contributed by atoms with Crippen molar-refractivity contribution in [3.63, 3.8) is 0 Å². The van der Waals surface area contributed by atoms with E-state index in [1.807, 2.05) is 12.1 Å². The van der Waals surface area contributed by atoms with Gasteiger partial charge < -0.3 is 5.11 Å². The molecule has 124 valence electrons. The van der Waals surface area contributed by atoms with Crippen LogP contribution in [0.1, 0.15) is 69.3 Å². The third-order valence-electron chi connectivity index (χ3n) is 3.69. The Morgan fingerprint density at radius 2 is 1.48 bits per heavy atom. The van der Waals surface area contributed by atoms with Crippen LogP contribution in [0.25, 0.3) is 6.08 Å². The lowest BCUT2D eigenvalue weighted by Gasteiger charge is -2.02. The number of allylic oxidation sites excluding steroid dienone is 5. The third kappa shape index (κ3) is 8.20. The molecule has 0 amide bonds. The molecule has 1 aromatic rings. The number of benzene rings is 1. The molecule has 0 saturated heterocycles. The second kappa shape index (κ2) is 9.83. The van der Waals surface area contributed by atoms with Crippen LogP contribution in [0.4, 0.5) is 0 Å². The fourth-order valence-electron chi connectivity index (χ4n) is 2.32. The number of hydrogen-bond acceptors (Lipinski definition) is 1. The van der Waals surface area contributed by atoms with Crippen molar-refractivity contribution in [2.24, 2.45) is 0 Å². The minimum Gasteiger partial charge on any atom is -0.478 e. The van der Waals surface area contributed by atoms with E-state index in [0.717, 1.165) is 31.2 Å². The average Bonchev–Trinajstić information content (AvgIpc) is 2.47. The topological polar surface area (TPSA) is 37.3 Å². The molecule has 0 bridgehead atoms. The van der Waals surface area contributed by atoms with Crippen molar-refractivity contribution < 1.29 is 9.90 Å². The van der Waals surface area contributed by atoms with Crippen molar-refractivity contribution in [2.75, 3.05) is 0 Å². The van der Waals surface area contributed by atoms with Crippen LogP contribution in [0.5, 0.6) is 0 Å². The zero-order valence-corrected chi connectivity index (χ0v) is 14.7. The van der Waals surface area contributed by atoms with E-state index in [4.69, 9.17) is 5.11 Å². The molecule has 0 unspecified atom stereocenters. The second-order valence-corrected chi connectivity index (χ2v) is 6.33. The number of carbonyl (C=O) groups is 1. The average molecular weight is 312 g/mol. The van der Waals surface area contributed by atoms with Gasteiger partial charge in [0.15, 0.2) is 0 Å². The second-order valence-electron chi connectivity index (χ2n) is 6.33. The minimum atomic E-state index is -0.883. The molecule has 0 radical (unpaired) electrons. The summed E-state index contributed by atoms with van der Waals surface area (Å²) in [4.78, 5) is 10.8. The summed E-state index contributed by atoms with van der Waals surface area (Å²) < 4.78 is 0. The van der Waals surface area contributed by atoms with Gasteiger partial charge in [-0.15, -0.1) is 0 Å². The monoisotopic (exact) mass is 312 g/mol. The largest absolute Gasteiger partial charge is 0.478 e. The summed E-state index contributed by atoms with van der Waals surface area (Å²) in [5.74, 6) is -0.883. The molecule has 0 spiro atoms. The molecule has 0 aliphatic rings. The Morgan fingerprint density at radius 1 is 0.913 bits per heavy atom. The van der Waals surface area contributed by atoms with Gasteiger partial charge in [-0.1, -0.05) is 47.1 Å². The van der Waals surface area contributed by atoms with E-state index in [9.17, 15) is 4.79 Å². The minimum absolute atomic E-state index is 0.328. The Balaban J connectivity index is 2.47. The molecule has 1 aromatic carbocycles. The maximum atomic E-state index is 10.8. The highest BCUT2D eigenvalue weighted by atomic mass is 16.4. The van der Waals surface area contributed by atoms with Crippen molar-refractivity contribution in [2.45, 2.75) is 53.4 Å². The summed E-state index contributed by atoms with van der Waals surface area (Å²) in [6.45, 7) is 8.59. The highest BCUT2D eigenvalue weighted by Crippen LogP contribution is 2.15. The molecule has 0 aromatic heterocycles. The first-order chi connectivity index (χ1) is 10.9. The van der Waals surface area contributed by atoms with Gasteiger partial charge >= 0.3 is 5.97 Å². The van der Waals surface area contributed by atoms with Gasteiger partial charge in [0.05, 0.1) is 5.56 Å². The number of hydrogen-bond donors (Lipinski definition) is 1. The number of aromatic carboxylic acids is 1. The molecule has 0 aliphatic heterocycles. The van der Waals surface area contributed by atoms with Crippen LogP contribution in [-0.4, -0.2) is 11.1 Å². The fraction of sp³-hybridized carbons (Fsp3) is 0.381. The van der Waals surface area contributed by atoms with Crippen LogP contribution < -0.4 is 0 Å². The maximum absolute atomic E-state index is 10.8. The molecule has 0 saturated carbocycles. The quantitative estimate of drug-likeness (QED) is 0.575. The molecular weight excluding hydrogens is 284 g/mol. The highest BCUT2D eigenvalue weighted by molar-refractivity contribution is 5.87. The van der Waals surface area contributed by atoms with Gasteiger partial charge in [-0.2, -0.15) is 0 Å². The van der Waals surface area contributed by atoms with Gasteiger partial charge in [0.1, 0.15) is 0 Å². The van der Waals surface area contributed by atoms with Crippen LogP contribution in [0.3, 0.4) is 0 Å². The highest BCUT2D eigenvalue weighted by Gasteiger charge is 2.00. The van der Waals surface area contributed by atoms with Crippen molar-refractivity contribution in [3.05, 3.63) is 64.3 Å². The Kier molecular flexibility index (Phi) is 8.10. The van der Waals surface area contributed by atoms with Gasteiger partial charge in [0, 0.05) is 0 Å². The Morgan fingerprint density at radius 3 is 2.04 bits per heavy atom. The van der Waals surface area contributed by atoms with E-state index in [2.05, 4.69) is 45.9 Å². The van der Waals surface area contributed by atoms with Crippen LogP contribution >= 0.6 is 0 Å². The number of carboxylic acid groups (broad SMARTS) is 1. The summed E-state index contributed by atoms with van der Waals surface area (Å²) in [6.07, 6.45) is 11.1. The molecule has 0 fully saturated rings. The predicted octanol–water partition coefficient (Wildman–Crippen LogP) is 6.26. The molecule has 23 heavy (non-hydrogen) atoms. The van der Waals surface area contributed by atoms with Crippen LogP contribution in [0.2, 0.25) is 0 Å². The summed E-state index contributed by atoms with van der Waals surface area (Å²) in [5.41, 5.74) is 5.51. The van der Waals surface area contributed by atoms with E-state index in [-0.39, 0.29) is 0 Å². The summed E-state index contributed by atoms with van der Waals surface area (Å²) in [5, 5.41) is 8.89. The van der Waals surface area contributed by atoms with Crippen LogP contribution in [0.15, 0.2) is 53.1 Å². The van der Waals surface area contributed by atoms with Gasteiger partial charge in [0.25, 0.3) is 0 Å². The molecule has 1 N–H and O–H groups in total. The molecule has 0 heterocycles. The Bertz CT molecular complexity index is 597. The van der Waals surface area contributed by atoms with Crippen molar-refractivity contribution in [1.29, 1.82) is 0 Å². The number of rotatable bonds is 8. The lowest BCUT2D eigenvalue weighted by Crippen LogP contribution is -1.94. The standard InChI is InChI=1S/C21H28O2/c1-16(2)7-5-8-17(3)9-6-10-18(4)15-19-11-13-20(14-12-19)21(22)23/h7,9,11-15H,5-6,8,10H2,1-4H3,(H,22,23). The molecular formula is C21H28O2. The first-order valence-electron chi connectivity index (χ1n) is 8.18. The first-order valence-corrected chi connectivity index (χ1v) is 8.18. The fourth-order valence-corrected chi connectivity index (χ4v) is 2.32. The molecule has 1 rings (SSSR count).